The van der Waals surface area contributed by atoms with Gasteiger partial charge in [0.15, 0.2) is 0 Å². The van der Waals surface area contributed by atoms with Gasteiger partial charge in [-0.05, 0) is 49.5 Å². The van der Waals surface area contributed by atoms with Gasteiger partial charge in [-0.25, -0.2) is 9.59 Å². The molecule has 37 heavy (non-hydrogen) atoms. The molecule has 0 atom stereocenters. The zero-order valence-corrected chi connectivity index (χ0v) is 20.7. The van der Waals surface area contributed by atoms with E-state index in [9.17, 15) is 28.3 Å². The highest BCUT2D eigenvalue weighted by molar-refractivity contribution is 7.52. The second kappa shape index (κ2) is 11.2. The standard InChI is InChI=1S/C25H20ClF2N2O6P/c26-22-12-18(6-7-21(22)16-37(34,35-27)36-28)14-30-23(19-8-10-20(11-9-19)24(31)32)15-29(25(30)33)13-17-4-2-1-3-5-17/h1-12,15H,13-14,16H2,(H,31,32). The van der Waals surface area contributed by atoms with Gasteiger partial charge in [0.05, 0.1) is 30.5 Å². The number of carbonyl (C=O) groups is 1. The first-order chi connectivity index (χ1) is 17.7. The van der Waals surface area contributed by atoms with E-state index in [0.29, 0.717) is 23.4 Å². The fraction of sp³-hybridized carbons (Fsp3) is 0.120. The number of rotatable bonds is 10. The van der Waals surface area contributed by atoms with Gasteiger partial charge in [0.1, 0.15) is 0 Å². The molecule has 0 amide bonds. The van der Waals surface area contributed by atoms with E-state index >= 15 is 0 Å². The summed E-state index contributed by atoms with van der Waals surface area (Å²) >= 11 is 6.25. The maximum Gasteiger partial charge on any atom is 0.399 e. The summed E-state index contributed by atoms with van der Waals surface area (Å²) in [6.45, 7) is 0.391. The number of imidazole rings is 1. The van der Waals surface area contributed by atoms with Crippen molar-refractivity contribution in [1.82, 2.24) is 9.13 Å². The van der Waals surface area contributed by atoms with Crippen LogP contribution in [0, 0.1) is 0 Å². The third-order valence-corrected chi connectivity index (χ3v) is 7.20. The molecule has 1 aromatic heterocycles. The topological polar surface area (TPSA) is 99.8 Å². The normalized spacial score (nSPS) is 11.5. The quantitative estimate of drug-likeness (QED) is 0.235. The number of hydrogen-bond acceptors (Lipinski definition) is 5. The lowest BCUT2D eigenvalue weighted by atomic mass is 10.1. The molecule has 192 valence electrons. The number of halogens is 3. The highest BCUT2D eigenvalue weighted by Gasteiger charge is 2.29. The summed E-state index contributed by atoms with van der Waals surface area (Å²) < 4.78 is 46.0. The van der Waals surface area contributed by atoms with Crippen LogP contribution < -0.4 is 5.69 Å². The molecule has 4 rings (SSSR count). The van der Waals surface area contributed by atoms with Gasteiger partial charge in [0, 0.05) is 11.2 Å². The largest absolute Gasteiger partial charge is 0.478 e. The first-order valence-electron chi connectivity index (χ1n) is 10.9. The van der Waals surface area contributed by atoms with E-state index in [4.69, 9.17) is 11.6 Å². The Morgan fingerprint density at radius 2 is 1.62 bits per heavy atom. The maximum atomic E-state index is 13.4. The summed E-state index contributed by atoms with van der Waals surface area (Å²) in [4.78, 5) is 24.7. The lowest BCUT2D eigenvalue weighted by Crippen LogP contribution is -2.25. The average Bonchev–Trinajstić information content (AvgIpc) is 3.20. The SMILES string of the molecule is O=C(O)c1ccc(-c2cn(Cc3ccccc3)c(=O)n2Cc2ccc(CP(=O)(OF)OF)c(Cl)c2)cc1. The number of aromatic carboxylic acids is 1. The van der Waals surface area contributed by atoms with Crippen LogP contribution in [-0.4, -0.2) is 20.2 Å². The van der Waals surface area contributed by atoms with Crippen molar-refractivity contribution < 1.29 is 33.0 Å². The number of carboxylic acid groups (broad SMARTS) is 1. The van der Waals surface area contributed by atoms with Crippen molar-refractivity contribution in [1.29, 1.82) is 0 Å². The first-order valence-corrected chi connectivity index (χ1v) is 13.0. The van der Waals surface area contributed by atoms with E-state index in [1.807, 2.05) is 30.3 Å². The Morgan fingerprint density at radius 3 is 2.22 bits per heavy atom. The monoisotopic (exact) mass is 548 g/mol. The van der Waals surface area contributed by atoms with Crippen molar-refractivity contribution in [3.63, 3.8) is 0 Å². The van der Waals surface area contributed by atoms with Crippen LogP contribution in [0.25, 0.3) is 11.3 Å². The number of carboxylic acids is 1. The summed E-state index contributed by atoms with van der Waals surface area (Å²) in [6.07, 6.45) is 0.961. The smallest absolute Gasteiger partial charge is 0.399 e. The zero-order valence-electron chi connectivity index (χ0n) is 19.1. The average molecular weight is 549 g/mol. The Hall–Kier alpha value is -3.56. The van der Waals surface area contributed by atoms with Crippen molar-refractivity contribution in [2.24, 2.45) is 0 Å². The van der Waals surface area contributed by atoms with Crippen LogP contribution in [-0.2, 0) is 33.3 Å². The summed E-state index contributed by atoms with van der Waals surface area (Å²) in [7, 11) is -4.63. The molecule has 0 spiro atoms. The molecule has 0 bridgehead atoms. The minimum atomic E-state index is -4.63. The van der Waals surface area contributed by atoms with E-state index in [1.165, 1.54) is 28.8 Å². The molecule has 12 heteroatoms. The van der Waals surface area contributed by atoms with Crippen molar-refractivity contribution in [3.05, 3.63) is 117 Å². The lowest BCUT2D eigenvalue weighted by molar-refractivity contribution is -0.0881. The van der Waals surface area contributed by atoms with E-state index in [0.717, 1.165) is 5.56 Å². The fourth-order valence-corrected chi connectivity index (χ4v) is 5.03. The molecule has 0 saturated heterocycles. The third-order valence-electron chi connectivity index (χ3n) is 5.70. The molecule has 0 aliphatic carbocycles. The van der Waals surface area contributed by atoms with Crippen LogP contribution in [0.4, 0.5) is 9.05 Å². The second-order valence-corrected chi connectivity index (χ2v) is 10.4. The molecule has 8 nitrogen and oxygen atoms in total. The van der Waals surface area contributed by atoms with Crippen molar-refractivity contribution in [2.75, 3.05) is 0 Å². The summed E-state index contributed by atoms with van der Waals surface area (Å²) in [5.41, 5.74) is 2.57. The molecule has 0 radical (unpaired) electrons. The molecular formula is C25H20ClF2N2O6P. The highest BCUT2D eigenvalue weighted by atomic mass is 35.5. The predicted octanol–water partition coefficient (Wildman–Crippen LogP) is 6.26. The Balaban J connectivity index is 1.72. The van der Waals surface area contributed by atoms with Gasteiger partial charge >= 0.3 is 19.3 Å². The molecule has 0 unspecified atom stereocenters. The molecule has 0 fully saturated rings. The number of nitrogens with zero attached hydrogens (tertiary/aromatic N) is 2. The Bertz CT molecular complexity index is 1510. The van der Waals surface area contributed by atoms with Crippen LogP contribution in [0.5, 0.6) is 0 Å². The molecule has 1 N–H and O–H groups in total. The number of hydrogen-bond donors (Lipinski definition) is 1. The Labute approximate surface area is 214 Å². The lowest BCUT2D eigenvalue weighted by Gasteiger charge is -2.12. The molecular weight excluding hydrogens is 529 g/mol. The molecule has 3 aromatic carbocycles. The number of aromatic nitrogens is 2. The Kier molecular flexibility index (Phi) is 8.04. The molecule has 0 saturated carbocycles. The second-order valence-electron chi connectivity index (χ2n) is 8.21. The highest BCUT2D eigenvalue weighted by Crippen LogP contribution is 2.53. The number of benzene rings is 3. The predicted molar refractivity (Wildman–Crippen MR) is 133 cm³/mol. The molecule has 4 aromatic rings. The minimum absolute atomic E-state index is 0.0518. The van der Waals surface area contributed by atoms with E-state index in [2.05, 4.69) is 9.46 Å². The summed E-state index contributed by atoms with van der Waals surface area (Å²) in [5, 5.41) is 9.26. The van der Waals surface area contributed by atoms with E-state index in [1.54, 1.807) is 29.0 Å². The van der Waals surface area contributed by atoms with Crippen LogP contribution in [0.1, 0.15) is 27.0 Å². The van der Waals surface area contributed by atoms with Crippen molar-refractivity contribution in [2.45, 2.75) is 19.3 Å². The van der Waals surface area contributed by atoms with Gasteiger partial charge in [-0.3, -0.25) is 13.7 Å². The fourth-order valence-electron chi connectivity index (χ4n) is 3.86. The van der Waals surface area contributed by atoms with Gasteiger partial charge in [0.25, 0.3) is 0 Å². The molecule has 0 aliphatic heterocycles. The maximum absolute atomic E-state index is 13.4. The van der Waals surface area contributed by atoms with Gasteiger partial charge in [0.2, 0.25) is 0 Å². The van der Waals surface area contributed by atoms with Crippen LogP contribution in [0.2, 0.25) is 5.02 Å². The van der Waals surface area contributed by atoms with Gasteiger partial charge < -0.3 is 5.11 Å². The summed E-state index contributed by atoms with van der Waals surface area (Å²) in [6, 6.07) is 20.0. The minimum Gasteiger partial charge on any atom is -0.478 e. The summed E-state index contributed by atoms with van der Waals surface area (Å²) in [5.74, 6) is -1.07. The zero-order chi connectivity index (χ0) is 26.6. The first kappa shape index (κ1) is 26.5. The third kappa shape index (κ3) is 6.06. The Morgan fingerprint density at radius 1 is 0.946 bits per heavy atom. The van der Waals surface area contributed by atoms with E-state index < -0.39 is 19.7 Å². The van der Waals surface area contributed by atoms with Crippen molar-refractivity contribution in [3.8, 4) is 11.3 Å². The van der Waals surface area contributed by atoms with E-state index in [-0.39, 0.29) is 28.4 Å². The van der Waals surface area contributed by atoms with Crippen LogP contribution in [0.3, 0.4) is 0 Å². The van der Waals surface area contributed by atoms with Gasteiger partial charge in [-0.2, -0.15) is 0 Å². The van der Waals surface area contributed by atoms with Crippen LogP contribution in [0.15, 0.2) is 83.8 Å². The van der Waals surface area contributed by atoms with Crippen LogP contribution >= 0.6 is 19.2 Å². The molecule has 0 aliphatic rings. The van der Waals surface area contributed by atoms with Crippen molar-refractivity contribution >= 4 is 25.2 Å². The van der Waals surface area contributed by atoms with Gasteiger partial charge in [-0.15, -0.1) is 9.46 Å². The van der Waals surface area contributed by atoms with Gasteiger partial charge in [-0.1, -0.05) is 66.2 Å². The molecule has 1 heterocycles.